The molecule has 138 valence electrons. The molecule has 0 unspecified atom stereocenters. The number of pyridine rings is 1. The van der Waals surface area contributed by atoms with E-state index in [9.17, 15) is 14.9 Å². The van der Waals surface area contributed by atoms with Gasteiger partial charge >= 0.3 is 11.8 Å². The highest BCUT2D eigenvalue weighted by atomic mass is 16.6. The number of alkyl carbamates (subject to hydrolysis) is 1. The SMILES string of the molecule is Cc1cc(N2CCC[C@@H](NC(=O)OC(C)(C)C)C2)c([N+](=O)[O-])c(C)n1. The van der Waals surface area contributed by atoms with E-state index in [4.69, 9.17) is 4.74 Å². The summed E-state index contributed by atoms with van der Waals surface area (Å²) in [5, 5.41) is 14.3. The molecule has 0 bridgehead atoms. The van der Waals surface area contributed by atoms with Crippen molar-refractivity contribution in [3.63, 3.8) is 0 Å². The molecule has 1 saturated heterocycles. The third-order valence-corrected chi connectivity index (χ3v) is 3.94. The number of nitrogens with one attached hydrogen (secondary N) is 1. The zero-order valence-electron chi connectivity index (χ0n) is 15.5. The lowest BCUT2D eigenvalue weighted by Gasteiger charge is -2.35. The lowest BCUT2D eigenvalue weighted by molar-refractivity contribution is -0.385. The van der Waals surface area contributed by atoms with Gasteiger partial charge in [-0.25, -0.2) is 4.79 Å². The van der Waals surface area contributed by atoms with E-state index >= 15 is 0 Å². The number of anilines is 1. The van der Waals surface area contributed by atoms with Crippen LogP contribution in [-0.2, 0) is 4.74 Å². The number of nitrogens with zero attached hydrogens (tertiary/aromatic N) is 3. The molecule has 0 saturated carbocycles. The zero-order chi connectivity index (χ0) is 18.8. The minimum Gasteiger partial charge on any atom is -0.444 e. The second kappa shape index (κ2) is 7.25. The van der Waals surface area contributed by atoms with Crippen LogP contribution >= 0.6 is 0 Å². The molecule has 8 nitrogen and oxygen atoms in total. The Kier molecular flexibility index (Phi) is 5.49. The lowest BCUT2D eigenvalue weighted by Crippen LogP contribution is -2.49. The van der Waals surface area contributed by atoms with Gasteiger partial charge in [-0.2, -0.15) is 0 Å². The first kappa shape index (κ1) is 19.0. The van der Waals surface area contributed by atoms with E-state index in [1.807, 2.05) is 32.6 Å². The summed E-state index contributed by atoms with van der Waals surface area (Å²) in [5.41, 5.74) is 1.17. The molecule has 0 aliphatic carbocycles. The number of amides is 1. The Balaban J connectivity index is 2.16. The number of aromatic nitrogens is 1. The van der Waals surface area contributed by atoms with Crippen LogP contribution in [0.2, 0.25) is 0 Å². The smallest absolute Gasteiger partial charge is 0.407 e. The van der Waals surface area contributed by atoms with Crippen LogP contribution in [0, 0.1) is 24.0 Å². The summed E-state index contributed by atoms with van der Waals surface area (Å²) in [5.74, 6) is 0. The Morgan fingerprint density at radius 1 is 1.44 bits per heavy atom. The number of carbonyl (C=O) groups is 1. The van der Waals surface area contributed by atoms with Crippen molar-refractivity contribution in [2.24, 2.45) is 0 Å². The highest BCUT2D eigenvalue weighted by molar-refractivity contribution is 5.69. The van der Waals surface area contributed by atoms with E-state index in [2.05, 4.69) is 10.3 Å². The molecule has 1 aliphatic heterocycles. The van der Waals surface area contributed by atoms with Gasteiger partial charge < -0.3 is 15.0 Å². The van der Waals surface area contributed by atoms with Gasteiger partial charge in [0.15, 0.2) is 0 Å². The van der Waals surface area contributed by atoms with Crippen LogP contribution in [0.25, 0.3) is 0 Å². The molecule has 0 aromatic carbocycles. The van der Waals surface area contributed by atoms with Gasteiger partial charge in [0.25, 0.3) is 0 Å². The first-order chi connectivity index (χ1) is 11.6. The topological polar surface area (TPSA) is 97.6 Å². The normalized spacial score (nSPS) is 18.0. The van der Waals surface area contributed by atoms with Crippen molar-refractivity contribution in [3.05, 3.63) is 27.6 Å². The maximum Gasteiger partial charge on any atom is 0.407 e. The second-order valence-corrected chi connectivity index (χ2v) is 7.41. The summed E-state index contributed by atoms with van der Waals surface area (Å²) < 4.78 is 5.29. The molecule has 2 rings (SSSR count). The number of carbonyl (C=O) groups excluding carboxylic acids is 1. The fraction of sp³-hybridized carbons (Fsp3) is 0.647. The van der Waals surface area contributed by atoms with Crippen molar-refractivity contribution in [1.29, 1.82) is 0 Å². The van der Waals surface area contributed by atoms with Gasteiger partial charge in [-0.15, -0.1) is 0 Å². The third-order valence-electron chi connectivity index (χ3n) is 3.94. The lowest BCUT2D eigenvalue weighted by atomic mass is 10.0. The van der Waals surface area contributed by atoms with E-state index in [1.54, 1.807) is 13.0 Å². The van der Waals surface area contributed by atoms with Gasteiger partial charge in [0.2, 0.25) is 0 Å². The maximum absolute atomic E-state index is 12.0. The number of ether oxygens (including phenoxy) is 1. The first-order valence-corrected chi connectivity index (χ1v) is 8.44. The summed E-state index contributed by atoms with van der Waals surface area (Å²) in [4.78, 5) is 29.2. The average Bonchev–Trinajstić information content (AvgIpc) is 2.43. The molecular formula is C17H26N4O4. The third kappa shape index (κ3) is 5.04. The average molecular weight is 350 g/mol. The molecule has 1 fully saturated rings. The molecule has 1 atom stereocenters. The quantitative estimate of drug-likeness (QED) is 0.664. The Morgan fingerprint density at radius 3 is 2.72 bits per heavy atom. The van der Waals surface area contributed by atoms with Crippen LogP contribution in [0.3, 0.4) is 0 Å². The summed E-state index contributed by atoms with van der Waals surface area (Å²) in [6.45, 7) is 10.1. The van der Waals surface area contributed by atoms with Gasteiger partial charge in [-0.05, 0) is 53.5 Å². The highest BCUT2D eigenvalue weighted by Crippen LogP contribution is 2.33. The zero-order valence-corrected chi connectivity index (χ0v) is 15.5. The monoisotopic (exact) mass is 350 g/mol. The molecule has 1 N–H and O–H groups in total. The number of piperidine rings is 1. The predicted octanol–water partition coefficient (Wildman–Crippen LogP) is 3.10. The van der Waals surface area contributed by atoms with Gasteiger partial charge in [0, 0.05) is 24.8 Å². The molecule has 8 heteroatoms. The standard InChI is InChI=1S/C17H26N4O4/c1-11-9-14(15(21(23)24)12(2)18-11)20-8-6-7-13(10-20)19-16(22)25-17(3,4)5/h9,13H,6-8,10H2,1-5H3,(H,19,22)/t13-/m1/s1. The minimum absolute atomic E-state index is 0.0310. The molecule has 2 heterocycles. The Bertz CT molecular complexity index is 669. The van der Waals surface area contributed by atoms with Crippen molar-refractivity contribution in [1.82, 2.24) is 10.3 Å². The first-order valence-electron chi connectivity index (χ1n) is 8.44. The molecule has 0 spiro atoms. The van der Waals surface area contributed by atoms with Crippen LogP contribution in [-0.4, -0.2) is 40.7 Å². The molecule has 25 heavy (non-hydrogen) atoms. The van der Waals surface area contributed by atoms with Crippen molar-refractivity contribution in [3.8, 4) is 0 Å². The predicted molar refractivity (Wildman–Crippen MR) is 95.0 cm³/mol. The van der Waals surface area contributed by atoms with Crippen LogP contribution in [0.1, 0.15) is 45.0 Å². The largest absolute Gasteiger partial charge is 0.444 e. The number of nitro groups is 1. The minimum atomic E-state index is -0.559. The van der Waals surface area contributed by atoms with Gasteiger partial charge in [-0.1, -0.05) is 0 Å². The number of aryl methyl sites for hydroxylation is 2. The Labute approximate surface area is 147 Å². The van der Waals surface area contributed by atoms with Crippen molar-refractivity contribution >= 4 is 17.5 Å². The van der Waals surface area contributed by atoms with Gasteiger partial charge in [0.1, 0.15) is 17.0 Å². The van der Waals surface area contributed by atoms with Crippen molar-refractivity contribution in [2.75, 3.05) is 18.0 Å². The van der Waals surface area contributed by atoms with Crippen LogP contribution in [0.15, 0.2) is 6.07 Å². The van der Waals surface area contributed by atoms with E-state index < -0.39 is 11.7 Å². The summed E-state index contributed by atoms with van der Waals surface area (Å²) >= 11 is 0. The molecule has 1 amide bonds. The van der Waals surface area contributed by atoms with E-state index in [0.29, 0.717) is 24.5 Å². The molecule has 0 radical (unpaired) electrons. The molecule has 1 aromatic rings. The van der Waals surface area contributed by atoms with Crippen LogP contribution < -0.4 is 10.2 Å². The number of hydrogen-bond acceptors (Lipinski definition) is 6. The van der Waals surface area contributed by atoms with Gasteiger partial charge in [0.05, 0.1) is 4.92 Å². The number of rotatable bonds is 3. The van der Waals surface area contributed by atoms with E-state index in [0.717, 1.165) is 18.5 Å². The van der Waals surface area contributed by atoms with Crippen molar-refractivity contribution in [2.45, 2.75) is 59.1 Å². The van der Waals surface area contributed by atoms with Crippen LogP contribution in [0.5, 0.6) is 0 Å². The summed E-state index contributed by atoms with van der Waals surface area (Å²) in [6.07, 6.45) is 1.18. The molecular weight excluding hydrogens is 324 g/mol. The maximum atomic E-state index is 12.0. The molecule has 1 aromatic heterocycles. The fourth-order valence-electron chi connectivity index (χ4n) is 3.06. The Morgan fingerprint density at radius 2 is 2.12 bits per heavy atom. The highest BCUT2D eigenvalue weighted by Gasteiger charge is 2.29. The van der Waals surface area contributed by atoms with Crippen LogP contribution in [0.4, 0.5) is 16.2 Å². The van der Waals surface area contributed by atoms with Gasteiger partial charge in [-0.3, -0.25) is 15.1 Å². The summed E-state index contributed by atoms with van der Waals surface area (Å²) in [6, 6.07) is 1.62. The second-order valence-electron chi connectivity index (χ2n) is 7.41. The number of hydrogen-bond donors (Lipinski definition) is 1. The summed E-state index contributed by atoms with van der Waals surface area (Å²) in [7, 11) is 0. The fourth-order valence-corrected chi connectivity index (χ4v) is 3.06. The molecule has 1 aliphatic rings. The Hall–Kier alpha value is -2.38. The van der Waals surface area contributed by atoms with Crippen molar-refractivity contribution < 1.29 is 14.5 Å². The van der Waals surface area contributed by atoms with E-state index in [-0.39, 0.29) is 16.7 Å². The van der Waals surface area contributed by atoms with E-state index in [1.165, 1.54) is 0 Å².